The Balaban J connectivity index is 2.58. The molecular weight excluding hydrogens is 212 g/mol. The molecule has 0 heterocycles. The molecule has 0 saturated carbocycles. The Labute approximate surface area is 104 Å². The van der Waals surface area contributed by atoms with Gasteiger partial charge in [0.15, 0.2) is 0 Å². The van der Waals surface area contributed by atoms with E-state index in [9.17, 15) is 4.79 Å². The lowest BCUT2D eigenvalue weighted by Gasteiger charge is -2.19. The van der Waals surface area contributed by atoms with Gasteiger partial charge in [0.05, 0.1) is 6.04 Å². The zero-order valence-corrected chi connectivity index (χ0v) is 10.9. The van der Waals surface area contributed by atoms with E-state index in [0.717, 1.165) is 19.4 Å². The van der Waals surface area contributed by atoms with Crippen molar-refractivity contribution >= 4 is 5.91 Å². The van der Waals surface area contributed by atoms with Crippen molar-refractivity contribution in [3.63, 3.8) is 0 Å². The number of nitrogens with zero attached hydrogens (tertiary/aromatic N) is 1. The largest absolute Gasteiger partial charge is 0.350 e. The fourth-order valence-electron chi connectivity index (χ4n) is 1.86. The van der Waals surface area contributed by atoms with Gasteiger partial charge in [-0.05, 0) is 39.0 Å². The van der Waals surface area contributed by atoms with Crippen molar-refractivity contribution in [3.8, 4) is 0 Å². The molecule has 0 aromatic heterocycles. The number of hydrogen-bond acceptors (Lipinski definition) is 2. The second kappa shape index (κ2) is 7.07. The molecule has 0 fully saturated rings. The number of benzene rings is 1. The molecule has 1 aromatic carbocycles. The van der Waals surface area contributed by atoms with Gasteiger partial charge in [-0.3, -0.25) is 4.79 Å². The quantitative estimate of drug-likeness (QED) is 0.818. The maximum atomic E-state index is 11.2. The van der Waals surface area contributed by atoms with Gasteiger partial charge in [0.25, 0.3) is 0 Å². The Kier molecular flexibility index (Phi) is 5.70. The van der Waals surface area contributed by atoms with Crippen LogP contribution in [0.2, 0.25) is 0 Å². The number of amides is 1. The first-order valence-corrected chi connectivity index (χ1v) is 6.06. The predicted octanol–water partition coefficient (Wildman–Crippen LogP) is 2.21. The second-order valence-electron chi connectivity index (χ2n) is 4.61. The van der Waals surface area contributed by atoms with Crippen LogP contribution in [-0.2, 0) is 4.79 Å². The molecule has 0 bridgehead atoms. The summed E-state index contributed by atoms with van der Waals surface area (Å²) in [7, 11) is 4.13. The van der Waals surface area contributed by atoms with Crippen LogP contribution in [-0.4, -0.2) is 31.4 Å². The van der Waals surface area contributed by atoms with Crippen LogP contribution in [0.4, 0.5) is 0 Å². The number of carbonyl (C=O) groups is 1. The highest BCUT2D eigenvalue weighted by molar-refractivity contribution is 5.73. The maximum Gasteiger partial charge on any atom is 0.217 e. The van der Waals surface area contributed by atoms with Crippen LogP contribution < -0.4 is 5.32 Å². The Bertz CT molecular complexity index is 335. The number of nitrogens with one attached hydrogen (secondary N) is 1. The summed E-state index contributed by atoms with van der Waals surface area (Å²) in [4.78, 5) is 13.4. The van der Waals surface area contributed by atoms with E-state index in [0.29, 0.717) is 0 Å². The van der Waals surface area contributed by atoms with Gasteiger partial charge in [0, 0.05) is 6.92 Å². The van der Waals surface area contributed by atoms with Crippen LogP contribution in [0.15, 0.2) is 30.3 Å². The van der Waals surface area contributed by atoms with E-state index in [1.54, 1.807) is 6.92 Å². The van der Waals surface area contributed by atoms with E-state index < -0.39 is 0 Å². The van der Waals surface area contributed by atoms with Crippen LogP contribution in [0.25, 0.3) is 0 Å². The molecule has 1 N–H and O–H groups in total. The number of hydrogen-bond donors (Lipinski definition) is 1. The molecule has 3 heteroatoms. The molecule has 0 radical (unpaired) electrons. The molecule has 0 spiro atoms. The minimum Gasteiger partial charge on any atom is -0.350 e. The van der Waals surface area contributed by atoms with Gasteiger partial charge in [-0.2, -0.15) is 0 Å². The Morgan fingerprint density at radius 3 is 2.47 bits per heavy atom. The topological polar surface area (TPSA) is 32.3 Å². The summed E-state index contributed by atoms with van der Waals surface area (Å²) in [6, 6.07) is 10.3. The standard InChI is InChI=1S/C14H22N2O/c1-12(17)15-14(10-7-11-16(2)3)13-8-5-4-6-9-13/h4-6,8-9,14H,7,10-11H2,1-3H3,(H,15,17)/t14-/m1/s1. The Hall–Kier alpha value is -1.35. The van der Waals surface area contributed by atoms with Crippen LogP contribution >= 0.6 is 0 Å². The predicted molar refractivity (Wildman–Crippen MR) is 70.8 cm³/mol. The summed E-state index contributed by atoms with van der Waals surface area (Å²) in [6.45, 7) is 2.62. The molecule has 0 aliphatic heterocycles. The van der Waals surface area contributed by atoms with E-state index >= 15 is 0 Å². The fraction of sp³-hybridized carbons (Fsp3) is 0.500. The van der Waals surface area contributed by atoms with E-state index in [1.165, 1.54) is 5.56 Å². The van der Waals surface area contributed by atoms with Crippen molar-refractivity contribution in [1.29, 1.82) is 0 Å². The molecule has 1 aromatic rings. The summed E-state index contributed by atoms with van der Waals surface area (Å²) >= 11 is 0. The summed E-state index contributed by atoms with van der Waals surface area (Å²) < 4.78 is 0. The third-order valence-corrected chi connectivity index (χ3v) is 2.68. The monoisotopic (exact) mass is 234 g/mol. The lowest BCUT2D eigenvalue weighted by atomic mass is 10.0. The molecule has 1 atom stereocenters. The highest BCUT2D eigenvalue weighted by Crippen LogP contribution is 2.18. The highest BCUT2D eigenvalue weighted by Gasteiger charge is 2.11. The Morgan fingerprint density at radius 2 is 1.94 bits per heavy atom. The SMILES string of the molecule is CC(=O)N[C@H](CCCN(C)C)c1ccccc1. The van der Waals surface area contributed by atoms with Gasteiger partial charge in [0.2, 0.25) is 5.91 Å². The van der Waals surface area contributed by atoms with Crippen LogP contribution in [0.3, 0.4) is 0 Å². The maximum absolute atomic E-state index is 11.2. The molecule has 94 valence electrons. The van der Waals surface area contributed by atoms with Gasteiger partial charge in [-0.25, -0.2) is 0 Å². The van der Waals surface area contributed by atoms with Crippen molar-refractivity contribution in [2.24, 2.45) is 0 Å². The molecule has 0 unspecified atom stereocenters. The molecule has 0 aliphatic carbocycles. The first-order chi connectivity index (χ1) is 8.09. The summed E-state index contributed by atoms with van der Waals surface area (Å²) in [5, 5.41) is 3.01. The van der Waals surface area contributed by atoms with Gasteiger partial charge >= 0.3 is 0 Å². The minimum atomic E-state index is 0.0312. The molecule has 1 amide bonds. The van der Waals surface area contributed by atoms with Gasteiger partial charge in [0.1, 0.15) is 0 Å². The van der Waals surface area contributed by atoms with Gasteiger partial charge in [-0.15, -0.1) is 0 Å². The van der Waals surface area contributed by atoms with Crippen molar-refractivity contribution in [2.45, 2.75) is 25.8 Å². The molecule has 1 rings (SSSR count). The van der Waals surface area contributed by atoms with Gasteiger partial charge < -0.3 is 10.2 Å². The number of rotatable bonds is 6. The van der Waals surface area contributed by atoms with Crippen molar-refractivity contribution < 1.29 is 4.79 Å². The van der Waals surface area contributed by atoms with Crippen LogP contribution in [0.5, 0.6) is 0 Å². The normalized spacial score (nSPS) is 12.5. The third-order valence-electron chi connectivity index (χ3n) is 2.68. The van der Waals surface area contributed by atoms with E-state index in [1.807, 2.05) is 18.2 Å². The number of carbonyl (C=O) groups excluding carboxylic acids is 1. The van der Waals surface area contributed by atoms with E-state index in [4.69, 9.17) is 0 Å². The lowest BCUT2D eigenvalue weighted by Crippen LogP contribution is -2.27. The summed E-state index contributed by atoms with van der Waals surface area (Å²) in [5.74, 6) is 0.0312. The van der Waals surface area contributed by atoms with Crippen LogP contribution in [0.1, 0.15) is 31.4 Å². The first-order valence-electron chi connectivity index (χ1n) is 6.06. The minimum absolute atomic E-state index is 0.0312. The Morgan fingerprint density at radius 1 is 1.29 bits per heavy atom. The highest BCUT2D eigenvalue weighted by atomic mass is 16.1. The van der Waals surface area contributed by atoms with Crippen molar-refractivity contribution in [3.05, 3.63) is 35.9 Å². The first kappa shape index (κ1) is 13.7. The average molecular weight is 234 g/mol. The van der Waals surface area contributed by atoms with Crippen molar-refractivity contribution in [2.75, 3.05) is 20.6 Å². The smallest absolute Gasteiger partial charge is 0.217 e. The molecule has 0 saturated heterocycles. The van der Waals surface area contributed by atoms with E-state index in [-0.39, 0.29) is 11.9 Å². The third kappa shape index (κ3) is 5.50. The van der Waals surface area contributed by atoms with Gasteiger partial charge in [-0.1, -0.05) is 30.3 Å². The van der Waals surface area contributed by atoms with Crippen LogP contribution in [0, 0.1) is 0 Å². The molecular formula is C14H22N2O. The second-order valence-corrected chi connectivity index (χ2v) is 4.61. The fourth-order valence-corrected chi connectivity index (χ4v) is 1.86. The zero-order chi connectivity index (χ0) is 12.7. The lowest BCUT2D eigenvalue weighted by molar-refractivity contribution is -0.119. The average Bonchev–Trinajstić information content (AvgIpc) is 2.28. The molecule has 0 aliphatic rings. The summed E-state index contributed by atoms with van der Waals surface area (Å²) in [6.07, 6.45) is 2.05. The summed E-state index contributed by atoms with van der Waals surface area (Å²) in [5.41, 5.74) is 1.18. The van der Waals surface area contributed by atoms with Crippen molar-refractivity contribution in [1.82, 2.24) is 10.2 Å². The van der Waals surface area contributed by atoms with E-state index in [2.05, 4.69) is 36.4 Å². The molecule has 17 heavy (non-hydrogen) atoms. The molecule has 3 nitrogen and oxygen atoms in total. The zero-order valence-electron chi connectivity index (χ0n) is 10.9.